The average Bonchev–Trinajstić information content (AvgIpc) is 3.14. The minimum absolute atomic E-state index is 0.195. The number of para-hydroxylation sites is 1. The van der Waals surface area contributed by atoms with E-state index in [1.54, 1.807) is 0 Å². The van der Waals surface area contributed by atoms with E-state index in [1.165, 1.54) is 16.7 Å². The van der Waals surface area contributed by atoms with Crippen LogP contribution in [0.3, 0.4) is 0 Å². The average molecular weight is 340 g/mol. The minimum atomic E-state index is -0.195. The molecule has 5 rings (SSSR count). The van der Waals surface area contributed by atoms with Crippen molar-refractivity contribution in [1.29, 1.82) is 0 Å². The highest BCUT2D eigenvalue weighted by atomic mass is 16.5. The van der Waals surface area contributed by atoms with Crippen molar-refractivity contribution in [2.75, 3.05) is 0 Å². The molecule has 128 valence electrons. The summed E-state index contributed by atoms with van der Waals surface area (Å²) in [5.41, 5.74) is 5.91. The molecule has 2 aliphatic rings. The van der Waals surface area contributed by atoms with E-state index in [0.717, 1.165) is 23.4 Å². The summed E-state index contributed by atoms with van der Waals surface area (Å²) in [7, 11) is 0. The van der Waals surface area contributed by atoms with Gasteiger partial charge in [-0.25, -0.2) is 5.01 Å². The summed E-state index contributed by atoms with van der Waals surface area (Å²) in [5, 5.41) is 7.12. The molecule has 0 saturated carbocycles. The van der Waals surface area contributed by atoms with Crippen LogP contribution in [0.5, 0.6) is 5.75 Å². The minimum Gasteiger partial charge on any atom is -0.464 e. The molecular weight excluding hydrogens is 320 g/mol. The Morgan fingerprint density at radius 2 is 1.62 bits per heavy atom. The van der Waals surface area contributed by atoms with E-state index in [-0.39, 0.29) is 12.3 Å². The maximum absolute atomic E-state index is 6.35. The summed E-state index contributed by atoms with van der Waals surface area (Å²) in [5.74, 6) is 0.961. The molecule has 0 aliphatic carbocycles. The first-order valence-corrected chi connectivity index (χ1v) is 9.03. The predicted octanol–water partition coefficient (Wildman–Crippen LogP) is 5.24. The van der Waals surface area contributed by atoms with Crippen LogP contribution in [0.15, 0.2) is 84.0 Å². The molecule has 3 heteroatoms. The molecule has 0 amide bonds. The van der Waals surface area contributed by atoms with Crippen molar-refractivity contribution in [3.05, 3.63) is 101 Å². The summed E-state index contributed by atoms with van der Waals surface area (Å²) in [6.07, 6.45) is 0.700. The Hall–Kier alpha value is -3.07. The van der Waals surface area contributed by atoms with Gasteiger partial charge in [-0.05, 0) is 18.6 Å². The Morgan fingerprint density at radius 3 is 2.42 bits per heavy atom. The zero-order valence-corrected chi connectivity index (χ0v) is 14.7. The van der Waals surface area contributed by atoms with E-state index < -0.39 is 0 Å². The van der Waals surface area contributed by atoms with E-state index >= 15 is 0 Å². The van der Waals surface area contributed by atoms with Gasteiger partial charge in [-0.15, -0.1) is 0 Å². The number of fused-ring (bicyclic) bond motifs is 3. The van der Waals surface area contributed by atoms with Crippen LogP contribution in [-0.2, 0) is 0 Å². The van der Waals surface area contributed by atoms with Crippen LogP contribution in [0.25, 0.3) is 0 Å². The number of hydrazone groups is 1. The second kappa shape index (κ2) is 6.03. The van der Waals surface area contributed by atoms with Crippen molar-refractivity contribution < 1.29 is 4.74 Å². The highest BCUT2D eigenvalue weighted by Gasteiger charge is 2.40. The lowest BCUT2D eigenvalue weighted by Gasteiger charge is -2.38. The maximum atomic E-state index is 6.35. The number of hydrogen-bond donors (Lipinski definition) is 0. The smallest absolute Gasteiger partial charge is 0.213 e. The Kier molecular flexibility index (Phi) is 3.52. The summed E-state index contributed by atoms with van der Waals surface area (Å²) in [6, 6.07) is 27.5. The van der Waals surface area contributed by atoms with Crippen molar-refractivity contribution in [2.45, 2.75) is 25.6 Å². The molecule has 2 aliphatic heterocycles. The molecule has 0 spiro atoms. The Morgan fingerprint density at radius 1 is 0.885 bits per heavy atom. The number of benzene rings is 3. The molecule has 0 radical (unpaired) electrons. The van der Waals surface area contributed by atoms with Crippen molar-refractivity contribution in [3.8, 4) is 5.75 Å². The van der Waals surface area contributed by atoms with Crippen LogP contribution in [0, 0.1) is 6.92 Å². The van der Waals surface area contributed by atoms with Gasteiger partial charge in [-0.2, -0.15) is 5.10 Å². The molecule has 0 fully saturated rings. The quantitative estimate of drug-likeness (QED) is 0.637. The van der Waals surface area contributed by atoms with Crippen LogP contribution in [0.4, 0.5) is 0 Å². The summed E-state index contributed by atoms with van der Waals surface area (Å²) in [6.45, 7) is 2.11. The normalized spacial score (nSPS) is 20.8. The molecule has 0 aromatic heterocycles. The van der Waals surface area contributed by atoms with Gasteiger partial charge in [-0.1, -0.05) is 78.4 Å². The third-order valence-corrected chi connectivity index (χ3v) is 5.17. The number of ether oxygens (including phenoxy) is 1. The van der Waals surface area contributed by atoms with Crippen LogP contribution in [0.1, 0.15) is 40.9 Å². The van der Waals surface area contributed by atoms with Crippen molar-refractivity contribution >= 4 is 5.71 Å². The fourth-order valence-electron chi connectivity index (χ4n) is 3.79. The van der Waals surface area contributed by atoms with Gasteiger partial charge >= 0.3 is 0 Å². The topological polar surface area (TPSA) is 24.8 Å². The molecule has 3 aromatic carbocycles. The number of rotatable bonds is 2. The predicted molar refractivity (Wildman–Crippen MR) is 103 cm³/mol. The van der Waals surface area contributed by atoms with E-state index in [2.05, 4.69) is 78.7 Å². The van der Waals surface area contributed by atoms with Gasteiger partial charge in [0.1, 0.15) is 5.75 Å². The monoisotopic (exact) mass is 340 g/mol. The van der Waals surface area contributed by atoms with Crippen LogP contribution >= 0.6 is 0 Å². The Labute approximate surface area is 153 Å². The van der Waals surface area contributed by atoms with Gasteiger partial charge in [0, 0.05) is 17.5 Å². The number of aryl methyl sites for hydroxylation is 1. The summed E-state index contributed by atoms with van der Waals surface area (Å²) in [4.78, 5) is 0. The highest BCUT2D eigenvalue weighted by Crippen LogP contribution is 2.47. The third kappa shape index (κ3) is 2.48. The van der Waals surface area contributed by atoms with Crippen LogP contribution in [0.2, 0.25) is 0 Å². The molecule has 0 bridgehead atoms. The lowest BCUT2D eigenvalue weighted by Crippen LogP contribution is -2.33. The molecule has 3 aromatic rings. The molecule has 0 unspecified atom stereocenters. The third-order valence-electron chi connectivity index (χ3n) is 5.17. The largest absolute Gasteiger partial charge is 0.464 e. The zero-order chi connectivity index (χ0) is 17.5. The van der Waals surface area contributed by atoms with E-state index in [0.29, 0.717) is 0 Å². The van der Waals surface area contributed by atoms with Crippen LogP contribution < -0.4 is 4.74 Å². The lowest BCUT2D eigenvalue weighted by atomic mass is 9.95. The van der Waals surface area contributed by atoms with E-state index in [1.807, 2.05) is 12.1 Å². The molecule has 3 nitrogen and oxygen atoms in total. The molecular formula is C23H20N2O. The second-order valence-electron chi connectivity index (χ2n) is 6.93. The van der Waals surface area contributed by atoms with Gasteiger partial charge in [-0.3, -0.25) is 0 Å². The van der Waals surface area contributed by atoms with Crippen molar-refractivity contribution in [3.63, 3.8) is 0 Å². The number of hydrogen-bond acceptors (Lipinski definition) is 3. The number of nitrogens with zero attached hydrogens (tertiary/aromatic N) is 2. The van der Waals surface area contributed by atoms with E-state index in [9.17, 15) is 0 Å². The molecule has 2 heterocycles. The molecule has 0 saturated heterocycles. The maximum Gasteiger partial charge on any atom is 0.213 e. The zero-order valence-electron chi connectivity index (χ0n) is 14.7. The van der Waals surface area contributed by atoms with Gasteiger partial charge in [0.05, 0.1) is 11.8 Å². The first-order valence-electron chi connectivity index (χ1n) is 9.03. The fraction of sp³-hybridized carbons (Fsp3) is 0.174. The van der Waals surface area contributed by atoms with Gasteiger partial charge in [0.2, 0.25) is 6.23 Å². The molecule has 2 atom stereocenters. The standard InChI is InChI=1S/C23H20N2O/c1-16-11-13-17(14-12-16)20-15-21-19-9-5-6-10-22(19)26-23(25(21)24-20)18-7-3-2-4-8-18/h2-14,21,23H,15H2,1H3/t21-,23+/m0/s1. The fourth-order valence-corrected chi connectivity index (χ4v) is 3.79. The summed E-state index contributed by atoms with van der Waals surface area (Å²) >= 11 is 0. The highest BCUT2D eigenvalue weighted by molar-refractivity contribution is 6.02. The molecule has 0 N–H and O–H groups in total. The second-order valence-corrected chi connectivity index (χ2v) is 6.93. The van der Waals surface area contributed by atoms with Crippen molar-refractivity contribution in [2.24, 2.45) is 5.10 Å². The first kappa shape index (κ1) is 15.2. The molecule has 26 heavy (non-hydrogen) atoms. The van der Waals surface area contributed by atoms with Gasteiger partial charge < -0.3 is 4.74 Å². The Balaban J connectivity index is 1.59. The Bertz CT molecular complexity index is 963. The van der Waals surface area contributed by atoms with E-state index in [4.69, 9.17) is 9.84 Å². The van der Waals surface area contributed by atoms with Crippen LogP contribution in [-0.4, -0.2) is 10.7 Å². The van der Waals surface area contributed by atoms with Crippen molar-refractivity contribution in [1.82, 2.24) is 5.01 Å². The summed E-state index contributed by atoms with van der Waals surface area (Å²) < 4.78 is 6.35. The SMILES string of the molecule is Cc1ccc(C2=NN3[C@@H](c4ccccc4)Oc4ccccc4[C@@H]3C2)cc1. The van der Waals surface area contributed by atoms with Gasteiger partial charge in [0.25, 0.3) is 0 Å². The van der Waals surface area contributed by atoms with Gasteiger partial charge in [0.15, 0.2) is 0 Å². The first-order chi connectivity index (χ1) is 12.8. The lowest BCUT2D eigenvalue weighted by molar-refractivity contribution is -0.0190.